The number of pyridine rings is 1. The van der Waals surface area contributed by atoms with E-state index in [9.17, 15) is 10.1 Å². The molecule has 1 aliphatic rings. The molecule has 3 rings (SSSR count). The summed E-state index contributed by atoms with van der Waals surface area (Å²) in [6.45, 7) is 1.61. The summed E-state index contributed by atoms with van der Waals surface area (Å²) in [5, 5.41) is 23.1. The maximum Gasteiger partial charge on any atom is 0.293 e. The molecule has 0 radical (unpaired) electrons. The van der Waals surface area contributed by atoms with Gasteiger partial charge in [-0.25, -0.2) is 4.98 Å². The van der Waals surface area contributed by atoms with Gasteiger partial charge in [0.25, 0.3) is 5.69 Å². The standard InChI is InChI=1S/C17H16N4O4/c18-9-12-1-2-15(16(7-12)21(22)23)20-10-13-3-5-19-17(8-13)25-14-4-6-24-11-14/h1-3,5,7-8,14,20H,4,6,10-11H2. The lowest BCUT2D eigenvalue weighted by Crippen LogP contribution is -2.16. The van der Waals surface area contributed by atoms with Crippen LogP contribution in [0.3, 0.4) is 0 Å². The second kappa shape index (κ2) is 7.59. The zero-order valence-corrected chi connectivity index (χ0v) is 13.3. The number of hydrogen-bond donors (Lipinski definition) is 1. The lowest BCUT2D eigenvalue weighted by atomic mass is 10.2. The summed E-state index contributed by atoms with van der Waals surface area (Å²) in [4.78, 5) is 14.8. The van der Waals surface area contributed by atoms with Crippen LogP contribution in [0.1, 0.15) is 17.5 Å². The molecule has 2 aromatic rings. The molecular weight excluding hydrogens is 324 g/mol. The molecule has 1 fully saturated rings. The number of benzene rings is 1. The van der Waals surface area contributed by atoms with Gasteiger partial charge >= 0.3 is 0 Å². The molecule has 1 unspecified atom stereocenters. The average molecular weight is 340 g/mol. The molecule has 1 aliphatic heterocycles. The van der Waals surface area contributed by atoms with Crippen molar-refractivity contribution < 1.29 is 14.4 Å². The molecule has 0 aliphatic carbocycles. The maximum absolute atomic E-state index is 11.2. The number of nitro groups is 1. The Balaban J connectivity index is 1.69. The summed E-state index contributed by atoms with van der Waals surface area (Å²) in [5.41, 5.74) is 1.35. The van der Waals surface area contributed by atoms with Crippen LogP contribution in [0.5, 0.6) is 5.88 Å². The first-order valence-corrected chi connectivity index (χ1v) is 7.77. The summed E-state index contributed by atoms with van der Waals surface area (Å²) in [7, 11) is 0. The lowest BCUT2D eigenvalue weighted by molar-refractivity contribution is -0.384. The summed E-state index contributed by atoms with van der Waals surface area (Å²) >= 11 is 0. The van der Waals surface area contributed by atoms with Gasteiger partial charge in [0.05, 0.1) is 29.8 Å². The van der Waals surface area contributed by atoms with E-state index in [1.807, 2.05) is 6.07 Å². The van der Waals surface area contributed by atoms with E-state index in [0.717, 1.165) is 12.0 Å². The van der Waals surface area contributed by atoms with Gasteiger partial charge in [-0.1, -0.05) is 0 Å². The molecule has 8 heteroatoms. The third-order valence-electron chi connectivity index (χ3n) is 3.78. The fourth-order valence-corrected chi connectivity index (χ4v) is 2.50. The molecule has 8 nitrogen and oxygen atoms in total. The van der Waals surface area contributed by atoms with Gasteiger partial charge in [-0.2, -0.15) is 5.26 Å². The van der Waals surface area contributed by atoms with E-state index in [-0.39, 0.29) is 17.4 Å². The Hall–Kier alpha value is -3.18. The zero-order chi connectivity index (χ0) is 17.6. The molecule has 0 bridgehead atoms. The number of nitrogens with zero attached hydrogens (tertiary/aromatic N) is 3. The highest BCUT2D eigenvalue weighted by Gasteiger charge is 2.18. The Morgan fingerprint density at radius 3 is 3.04 bits per heavy atom. The van der Waals surface area contributed by atoms with Crippen LogP contribution in [0, 0.1) is 21.4 Å². The second-order valence-electron chi connectivity index (χ2n) is 5.56. The molecule has 0 saturated carbocycles. The van der Waals surface area contributed by atoms with Crippen LogP contribution in [-0.2, 0) is 11.3 Å². The smallest absolute Gasteiger partial charge is 0.293 e. The van der Waals surface area contributed by atoms with E-state index in [0.29, 0.717) is 31.3 Å². The predicted octanol–water partition coefficient (Wildman–Crippen LogP) is 2.64. The quantitative estimate of drug-likeness (QED) is 0.635. The van der Waals surface area contributed by atoms with Crippen LogP contribution in [0.15, 0.2) is 36.5 Å². The van der Waals surface area contributed by atoms with Crippen LogP contribution in [-0.4, -0.2) is 29.2 Å². The number of aromatic nitrogens is 1. The van der Waals surface area contributed by atoms with Gasteiger partial charge in [0.15, 0.2) is 0 Å². The van der Waals surface area contributed by atoms with Crippen molar-refractivity contribution >= 4 is 11.4 Å². The molecule has 1 aromatic carbocycles. The first-order chi connectivity index (χ1) is 12.2. The number of nitrogens with one attached hydrogen (secondary N) is 1. The van der Waals surface area contributed by atoms with Gasteiger partial charge in [-0.05, 0) is 23.8 Å². The van der Waals surface area contributed by atoms with Crippen LogP contribution in [0.2, 0.25) is 0 Å². The van der Waals surface area contributed by atoms with Gasteiger partial charge in [-0.15, -0.1) is 0 Å². The van der Waals surface area contributed by atoms with Crippen molar-refractivity contribution in [1.29, 1.82) is 5.26 Å². The van der Waals surface area contributed by atoms with Crippen molar-refractivity contribution in [2.45, 2.75) is 19.1 Å². The monoisotopic (exact) mass is 340 g/mol. The first-order valence-electron chi connectivity index (χ1n) is 7.77. The highest BCUT2D eigenvalue weighted by molar-refractivity contribution is 5.64. The molecule has 128 valence electrons. The number of nitro benzene ring substituents is 1. The van der Waals surface area contributed by atoms with Crippen molar-refractivity contribution in [2.75, 3.05) is 18.5 Å². The molecule has 0 amide bonds. The maximum atomic E-state index is 11.2. The Kier molecular flexibility index (Phi) is 5.06. The van der Waals surface area contributed by atoms with Gasteiger partial charge in [0.1, 0.15) is 11.8 Å². The van der Waals surface area contributed by atoms with E-state index in [1.165, 1.54) is 18.2 Å². The van der Waals surface area contributed by atoms with Crippen molar-refractivity contribution in [3.8, 4) is 11.9 Å². The number of anilines is 1. The summed E-state index contributed by atoms with van der Waals surface area (Å²) in [6.07, 6.45) is 2.48. The Morgan fingerprint density at radius 1 is 1.44 bits per heavy atom. The topological polar surface area (TPSA) is 110 Å². The average Bonchev–Trinajstić information content (AvgIpc) is 3.13. The Bertz CT molecular complexity index is 813. The number of hydrogen-bond acceptors (Lipinski definition) is 7. The highest BCUT2D eigenvalue weighted by atomic mass is 16.6. The molecule has 1 saturated heterocycles. The number of nitriles is 1. The van der Waals surface area contributed by atoms with Gasteiger partial charge in [-0.3, -0.25) is 10.1 Å². The molecule has 25 heavy (non-hydrogen) atoms. The fraction of sp³-hybridized carbons (Fsp3) is 0.294. The van der Waals surface area contributed by atoms with Crippen molar-refractivity contribution in [3.05, 3.63) is 57.8 Å². The van der Waals surface area contributed by atoms with Crippen LogP contribution in [0.25, 0.3) is 0 Å². The first kappa shape index (κ1) is 16.7. The van der Waals surface area contributed by atoms with E-state index in [4.69, 9.17) is 14.7 Å². The Labute approximate surface area is 144 Å². The van der Waals surface area contributed by atoms with E-state index in [1.54, 1.807) is 18.3 Å². The van der Waals surface area contributed by atoms with Crippen molar-refractivity contribution in [3.63, 3.8) is 0 Å². The zero-order valence-electron chi connectivity index (χ0n) is 13.3. The third-order valence-corrected chi connectivity index (χ3v) is 3.78. The van der Waals surface area contributed by atoms with Gasteiger partial charge < -0.3 is 14.8 Å². The molecule has 0 spiro atoms. The fourth-order valence-electron chi connectivity index (χ4n) is 2.50. The number of rotatable bonds is 6. The van der Waals surface area contributed by atoms with E-state index in [2.05, 4.69) is 10.3 Å². The summed E-state index contributed by atoms with van der Waals surface area (Å²) < 4.78 is 11.0. The molecule has 1 N–H and O–H groups in total. The molecule has 2 heterocycles. The second-order valence-corrected chi connectivity index (χ2v) is 5.56. The summed E-state index contributed by atoms with van der Waals surface area (Å²) in [6, 6.07) is 9.82. The lowest BCUT2D eigenvalue weighted by Gasteiger charge is -2.12. The minimum absolute atomic E-state index is 0.00956. The van der Waals surface area contributed by atoms with Crippen LogP contribution < -0.4 is 10.1 Å². The largest absolute Gasteiger partial charge is 0.472 e. The minimum Gasteiger partial charge on any atom is -0.472 e. The van der Waals surface area contributed by atoms with Crippen molar-refractivity contribution in [1.82, 2.24) is 4.98 Å². The normalized spacial score (nSPS) is 16.2. The predicted molar refractivity (Wildman–Crippen MR) is 89.2 cm³/mol. The SMILES string of the molecule is N#Cc1ccc(NCc2ccnc(OC3CCOC3)c2)c([N+](=O)[O-])c1. The number of ether oxygens (including phenoxy) is 2. The Morgan fingerprint density at radius 2 is 2.32 bits per heavy atom. The minimum atomic E-state index is -0.510. The van der Waals surface area contributed by atoms with Crippen LogP contribution >= 0.6 is 0 Å². The van der Waals surface area contributed by atoms with Crippen LogP contribution in [0.4, 0.5) is 11.4 Å². The molecular formula is C17H16N4O4. The van der Waals surface area contributed by atoms with Gasteiger partial charge in [0, 0.05) is 31.3 Å². The molecule has 1 aromatic heterocycles. The van der Waals surface area contributed by atoms with E-state index < -0.39 is 4.92 Å². The van der Waals surface area contributed by atoms with Gasteiger partial charge in [0.2, 0.25) is 5.88 Å². The molecule has 1 atom stereocenters. The third kappa shape index (κ3) is 4.22. The van der Waals surface area contributed by atoms with E-state index >= 15 is 0 Å². The summed E-state index contributed by atoms with van der Waals surface area (Å²) in [5.74, 6) is 0.504. The highest BCUT2D eigenvalue weighted by Crippen LogP contribution is 2.26. The van der Waals surface area contributed by atoms with Crippen molar-refractivity contribution in [2.24, 2.45) is 0 Å².